The number of hydrogen-bond donors (Lipinski definition) is 2. The first-order valence-electron chi connectivity index (χ1n) is 12.5. The summed E-state index contributed by atoms with van der Waals surface area (Å²) in [6, 6.07) is 1.99. The van der Waals surface area contributed by atoms with E-state index < -0.39 is 6.17 Å². The van der Waals surface area contributed by atoms with Crippen LogP contribution in [-0.2, 0) is 4.79 Å². The van der Waals surface area contributed by atoms with Crippen LogP contribution in [0.2, 0.25) is 0 Å². The Labute approximate surface area is 182 Å². The van der Waals surface area contributed by atoms with E-state index in [0.29, 0.717) is 36.9 Å². The molecule has 2 saturated heterocycles. The van der Waals surface area contributed by atoms with E-state index in [1.165, 1.54) is 12.8 Å². The molecule has 1 amide bonds. The molecule has 172 valence electrons. The Kier molecular flexibility index (Phi) is 7.05. The van der Waals surface area contributed by atoms with E-state index in [-0.39, 0.29) is 30.0 Å². The third-order valence-corrected chi connectivity index (χ3v) is 8.54. The number of halogens is 1. The molecule has 2 heterocycles. The van der Waals surface area contributed by atoms with Gasteiger partial charge in [-0.15, -0.1) is 0 Å². The highest BCUT2D eigenvalue weighted by molar-refractivity contribution is 5.82. The topological polar surface area (TPSA) is 47.6 Å². The largest absolute Gasteiger partial charge is 0.352 e. The predicted molar refractivity (Wildman–Crippen MR) is 119 cm³/mol. The van der Waals surface area contributed by atoms with Crippen LogP contribution in [0, 0.1) is 11.8 Å². The van der Waals surface area contributed by atoms with Crippen molar-refractivity contribution >= 4 is 5.91 Å². The second-order valence-electron chi connectivity index (χ2n) is 10.9. The maximum absolute atomic E-state index is 14.4. The second kappa shape index (κ2) is 9.41. The number of nitrogens with one attached hydrogen (secondary N) is 2. The number of rotatable bonds is 4. The van der Waals surface area contributed by atoms with Gasteiger partial charge in [-0.2, -0.15) is 0 Å². The van der Waals surface area contributed by atoms with Gasteiger partial charge in [-0.05, 0) is 71.6 Å². The molecule has 2 aliphatic heterocycles. The first-order valence-corrected chi connectivity index (χ1v) is 12.5. The summed E-state index contributed by atoms with van der Waals surface area (Å²) in [5.74, 6) is 0.583. The number of fused-ring (bicyclic) bond motifs is 1. The standard InChI is InChI=1S/C24H43FN4O/c1-15(2)29-11-10-28(14-17(29)4)19-7-5-6-18(12-19)26-24(30)22-13-20-21(25)9-8-16(3)23(20)27-22/h15-23,27H,5-14H2,1-4H3,(H,26,30). The fraction of sp³-hybridized carbons (Fsp3) is 0.958. The summed E-state index contributed by atoms with van der Waals surface area (Å²) in [7, 11) is 0. The molecule has 2 aliphatic carbocycles. The molecule has 0 aromatic rings. The minimum Gasteiger partial charge on any atom is -0.352 e. The Morgan fingerprint density at radius 1 is 1.10 bits per heavy atom. The highest BCUT2D eigenvalue weighted by atomic mass is 19.1. The van der Waals surface area contributed by atoms with E-state index in [1.54, 1.807) is 0 Å². The van der Waals surface area contributed by atoms with Crippen LogP contribution in [0.25, 0.3) is 0 Å². The fourth-order valence-corrected chi connectivity index (χ4v) is 6.83. The molecule has 8 unspecified atom stereocenters. The van der Waals surface area contributed by atoms with Gasteiger partial charge in [0.15, 0.2) is 0 Å². The summed E-state index contributed by atoms with van der Waals surface area (Å²) in [4.78, 5) is 18.3. The molecule has 0 bridgehead atoms. The molecular formula is C24H43FN4O. The van der Waals surface area contributed by atoms with Crippen LogP contribution in [-0.4, -0.2) is 77.8 Å². The van der Waals surface area contributed by atoms with Gasteiger partial charge in [0.1, 0.15) is 6.17 Å². The van der Waals surface area contributed by atoms with Crippen LogP contribution in [0.3, 0.4) is 0 Å². The maximum Gasteiger partial charge on any atom is 0.237 e. The lowest BCUT2D eigenvalue weighted by Gasteiger charge is -2.46. The minimum atomic E-state index is -0.748. The average Bonchev–Trinajstić information content (AvgIpc) is 3.18. The third kappa shape index (κ3) is 4.71. The van der Waals surface area contributed by atoms with Gasteiger partial charge in [-0.3, -0.25) is 14.6 Å². The summed E-state index contributed by atoms with van der Waals surface area (Å²) in [5, 5.41) is 6.84. The molecule has 0 spiro atoms. The summed E-state index contributed by atoms with van der Waals surface area (Å²) in [6.45, 7) is 12.5. The summed E-state index contributed by atoms with van der Waals surface area (Å²) in [6.07, 6.45) is 6.05. The maximum atomic E-state index is 14.4. The van der Waals surface area contributed by atoms with Crippen LogP contribution < -0.4 is 10.6 Å². The summed E-state index contributed by atoms with van der Waals surface area (Å²) in [5.41, 5.74) is 0. The monoisotopic (exact) mass is 422 g/mol. The molecule has 2 N–H and O–H groups in total. The Bertz CT molecular complexity index is 584. The fourth-order valence-electron chi connectivity index (χ4n) is 6.83. The van der Waals surface area contributed by atoms with Crippen molar-refractivity contribution in [3.63, 3.8) is 0 Å². The van der Waals surface area contributed by atoms with Crippen molar-refractivity contribution in [3.05, 3.63) is 0 Å². The van der Waals surface area contributed by atoms with Gasteiger partial charge in [0, 0.05) is 55.8 Å². The number of carbonyl (C=O) groups is 1. The summed E-state index contributed by atoms with van der Waals surface area (Å²) < 4.78 is 14.4. The van der Waals surface area contributed by atoms with Crippen molar-refractivity contribution in [2.45, 2.75) is 115 Å². The quantitative estimate of drug-likeness (QED) is 0.731. The van der Waals surface area contributed by atoms with E-state index in [1.807, 2.05) is 0 Å². The first-order chi connectivity index (χ1) is 14.3. The van der Waals surface area contributed by atoms with Crippen molar-refractivity contribution in [2.24, 2.45) is 11.8 Å². The molecule has 0 aromatic heterocycles. The van der Waals surface area contributed by atoms with E-state index in [4.69, 9.17) is 0 Å². The van der Waals surface area contributed by atoms with Gasteiger partial charge in [0.05, 0.1) is 6.04 Å². The molecule has 8 atom stereocenters. The first kappa shape index (κ1) is 22.5. The SMILES string of the molecule is CC1CCC(F)C2CC(C(=O)NC3CCCC(N4CCN(C(C)C)C(C)C4)C3)NC12. The average molecular weight is 423 g/mol. The molecule has 2 saturated carbocycles. The number of nitrogens with zero attached hydrogens (tertiary/aromatic N) is 2. The van der Waals surface area contributed by atoms with Crippen LogP contribution >= 0.6 is 0 Å². The molecule has 30 heavy (non-hydrogen) atoms. The van der Waals surface area contributed by atoms with Crippen molar-refractivity contribution in [1.82, 2.24) is 20.4 Å². The molecule has 0 aromatic carbocycles. The van der Waals surface area contributed by atoms with Crippen molar-refractivity contribution in [2.75, 3.05) is 19.6 Å². The van der Waals surface area contributed by atoms with Gasteiger partial charge >= 0.3 is 0 Å². The van der Waals surface area contributed by atoms with E-state index in [0.717, 1.165) is 38.9 Å². The Morgan fingerprint density at radius 2 is 1.90 bits per heavy atom. The van der Waals surface area contributed by atoms with Gasteiger partial charge < -0.3 is 10.6 Å². The van der Waals surface area contributed by atoms with Crippen molar-refractivity contribution < 1.29 is 9.18 Å². The zero-order chi connectivity index (χ0) is 21.4. The van der Waals surface area contributed by atoms with E-state index in [2.05, 4.69) is 48.1 Å². The predicted octanol–water partition coefficient (Wildman–Crippen LogP) is 2.94. The molecule has 0 radical (unpaired) electrons. The van der Waals surface area contributed by atoms with E-state index >= 15 is 0 Å². The third-order valence-electron chi connectivity index (χ3n) is 8.54. The van der Waals surface area contributed by atoms with Crippen LogP contribution in [0.5, 0.6) is 0 Å². The second-order valence-corrected chi connectivity index (χ2v) is 10.9. The molecular weight excluding hydrogens is 379 g/mol. The molecule has 4 rings (SSSR count). The number of alkyl halides is 1. The lowest BCUT2D eigenvalue weighted by atomic mass is 9.77. The zero-order valence-corrected chi connectivity index (χ0v) is 19.4. The lowest BCUT2D eigenvalue weighted by molar-refractivity contribution is -0.124. The van der Waals surface area contributed by atoms with Crippen molar-refractivity contribution in [1.29, 1.82) is 0 Å². The molecule has 4 aliphatic rings. The van der Waals surface area contributed by atoms with Crippen LogP contribution in [0.15, 0.2) is 0 Å². The molecule has 6 heteroatoms. The normalized spacial score (nSPS) is 43.5. The Balaban J connectivity index is 1.29. The number of carbonyl (C=O) groups excluding carboxylic acids is 1. The summed E-state index contributed by atoms with van der Waals surface area (Å²) >= 11 is 0. The van der Waals surface area contributed by atoms with Crippen LogP contribution in [0.1, 0.15) is 72.6 Å². The Hall–Kier alpha value is -0.720. The number of amides is 1. The zero-order valence-electron chi connectivity index (χ0n) is 19.4. The highest BCUT2D eigenvalue weighted by Gasteiger charge is 2.46. The van der Waals surface area contributed by atoms with Gasteiger partial charge in [0.2, 0.25) is 5.91 Å². The van der Waals surface area contributed by atoms with Gasteiger partial charge in [-0.1, -0.05) is 6.92 Å². The number of piperazine rings is 1. The number of hydrogen-bond acceptors (Lipinski definition) is 4. The highest BCUT2D eigenvalue weighted by Crippen LogP contribution is 2.38. The minimum absolute atomic E-state index is 0.0161. The Morgan fingerprint density at radius 3 is 2.60 bits per heavy atom. The molecule has 4 fully saturated rings. The van der Waals surface area contributed by atoms with Gasteiger partial charge in [-0.25, -0.2) is 4.39 Å². The smallest absolute Gasteiger partial charge is 0.237 e. The van der Waals surface area contributed by atoms with Gasteiger partial charge in [0.25, 0.3) is 0 Å². The van der Waals surface area contributed by atoms with Crippen molar-refractivity contribution in [3.8, 4) is 0 Å². The van der Waals surface area contributed by atoms with E-state index in [9.17, 15) is 9.18 Å². The lowest BCUT2D eigenvalue weighted by Crippen LogP contribution is -2.58. The molecule has 5 nitrogen and oxygen atoms in total. The van der Waals surface area contributed by atoms with Crippen LogP contribution in [0.4, 0.5) is 4.39 Å².